The topological polar surface area (TPSA) is 93.7 Å². The van der Waals surface area contributed by atoms with Crippen LogP contribution in [0.3, 0.4) is 0 Å². The van der Waals surface area contributed by atoms with Crippen LogP contribution in [0.15, 0.2) is 64.1 Å². The first kappa shape index (κ1) is 20.1. The normalized spacial score (nSPS) is 16.6. The van der Waals surface area contributed by atoms with E-state index in [0.717, 1.165) is 37.1 Å². The van der Waals surface area contributed by atoms with Crippen LogP contribution in [-0.2, 0) is 0 Å². The van der Waals surface area contributed by atoms with Gasteiger partial charge in [-0.1, -0.05) is 54.5 Å². The number of guanidine groups is 1. The molecule has 1 aromatic heterocycles. The Hall–Kier alpha value is -3.19. The molecule has 1 saturated heterocycles. The average Bonchev–Trinajstić information content (AvgIpc) is 3.22. The molecule has 0 amide bonds. The van der Waals surface area contributed by atoms with E-state index in [1.54, 1.807) is 18.2 Å². The standard InChI is InChI=1S/C23H26FN5O/c1-15(17-7-8-19(20(24)13-17)16-5-3-2-4-6-16)21-14-22(28-30-21)27-23(26)29-11-9-18(25)10-12-29/h2-8,13-15,18H,9-12,25H2,1H3,(H2,26,27,28). The van der Waals surface area contributed by atoms with Gasteiger partial charge in [0.15, 0.2) is 11.8 Å². The van der Waals surface area contributed by atoms with Crippen molar-refractivity contribution in [3.8, 4) is 11.1 Å². The summed E-state index contributed by atoms with van der Waals surface area (Å²) in [5.41, 5.74) is 14.3. The van der Waals surface area contributed by atoms with E-state index in [4.69, 9.17) is 16.0 Å². The Morgan fingerprint density at radius 2 is 1.90 bits per heavy atom. The van der Waals surface area contributed by atoms with E-state index in [0.29, 0.717) is 23.1 Å². The molecule has 0 saturated carbocycles. The second-order valence-electron chi connectivity index (χ2n) is 7.71. The second-order valence-corrected chi connectivity index (χ2v) is 7.71. The lowest BCUT2D eigenvalue weighted by Crippen LogP contribution is -2.45. The molecule has 156 valence electrons. The SMILES string of the molecule is CC(c1ccc(-c2ccccc2)c(F)c1)c1cc(N=C(N)N2CCC(N)CC2)no1. The van der Waals surface area contributed by atoms with Gasteiger partial charge in [0.1, 0.15) is 11.6 Å². The molecular weight excluding hydrogens is 381 g/mol. The lowest BCUT2D eigenvalue weighted by Gasteiger charge is -2.30. The van der Waals surface area contributed by atoms with Gasteiger partial charge in [0.05, 0.1) is 0 Å². The predicted molar refractivity (Wildman–Crippen MR) is 116 cm³/mol. The van der Waals surface area contributed by atoms with Gasteiger partial charge >= 0.3 is 0 Å². The molecule has 4 rings (SSSR count). The summed E-state index contributed by atoms with van der Waals surface area (Å²) in [6.07, 6.45) is 1.78. The van der Waals surface area contributed by atoms with Gasteiger partial charge in [0.2, 0.25) is 0 Å². The molecule has 1 aliphatic heterocycles. The van der Waals surface area contributed by atoms with Crippen molar-refractivity contribution in [1.29, 1.82) is 0 Å². The third-order valence-electron chi connectivity index (χ3n) is 5.61. The van der Waals surface area contributed by atoms with Crippen LogP contribution in [-0.4, -0.2) is 35.1 Å². The highest BCUT2D eigenvalue weighted by Gasteiger charge is 2.19. The van der Waals surface area contributed by atoms with Crippen LogP contribution in [0.4, 0.5) is 10.2 Å². The smallest absolute Gasteiger partial charge is 0.198 e. The van der Waals surface area contributed by atoms with Gasteiger partial charge in [-0.3, -0.25) is 0 Å². The molecule has 2 aromatic carbocycles. The summed E-state index contributed by atoms with van der Waals surface area (Å²) in [6, 6.07) is 16.7. The Kier molecular flexibility index (Phi) is 5.81. The molecule has 30 heavy (non-hydrogen) atoms. The number of aliphatic imine (C=N–C) groups is 1. The summed E-state index contributed by atoms with van der Waals surface area (Å²) >= 11 is 0. The maximum Gasteiger partial charge on any atom is 0.198 e. The number of hydrogen-bond acceptors (Lipinski definition) is 4. The van der Waals surface area contributed by atoms with Gasteiger partial charge in [-0.25, -0.2) is 4.39 Å². The molecular formula is C23H26FN5O. The van der Waals surface area contributed by atoms with Crippen molar-refractivity contribution in [2.75, 3.05) is 13.1 Å². The highest BCUT2D eigenvalue weighted by Crippen LogP contribution is 2.30. The zero-order valence-corrected chi connectivity index (χ0v) is 17.0. The van der Waals surface area contributed by atoms with Gasteiger partial charge in [-0.05, 0) is 30.0 Å². The molecule has 1 unspecified atom stereocenters. The molecule has 4 N–H and O–H groups in total. The van der Waals surface area contributed by atoms with Gasteiger partial charge in [-0.15, -0.1) is 0 Å². The van der Waals surface area contributed by atoms with Crippen molar-refractivity contribution in [2.24, 2.45) is 16.5 Å². The van der Waals surface area contributed by atoms with E-state index in [1.165, 1.54) is 0 Å². The number of aromatic nitrogens is 1. The van der Waals surface area contributed by atoms with E-state index >= 15 is 0 Å². The number of nitrogens with zero attached hydrogens (tertiary/aromatic N) is 3. The number of rotatable bonds is 4. The number of likely N-dealkylation sites (tertiary alicyclic amines) is 1. The Morgan fingerprint density at radius 3 is 2.60 bits per heavy atom. The fraction of sp³-hybridized carbons (Fsp3) is 0.304. The van der Waals surface area contributed by atoms with Crippen molar-refractivity contribution in [2.45, 2.75) is 31.7 Å². The molecule has 1 atom stereocenters. The van der Waals surface area contributed by atoms with Crippen molar-refractivity contribution in [3.63, 3.8) is 0 Å². The zero-order chi connectivity index (χ0) is 21.1. The van der Waals surface area contributed by atoms with Crippen LogP contribution in [0.2, 0.25) is 0 Å². The number of piperidine rings is 1. The molecule has 2 heterocycles. The lowest BCUT2D eigenvalue weighted by atomic mass is 9.95. The number of benzene rings is 2. The first-order valence-electron chi connectivity index (χ1n) is 10.2. The summed E-state index contributed by atoms with van der Waals surface area (Å²) in [7, 11) is 0. The van der Waals surface area contributed by atoms with E-state index in [1.807, 2.05) is 48.2 Å². The van der Waals surface area contributed by atoms with Gasteiger partial charge in [0, 0.05) is 36.7 Å². The van der Waals surface area contributed by atoms with Crippen molar-refractivity contribution in [1.82, 2.24) is 10.1 Å². The first-order valence-corrected chi connectivity index (χ1v) is 10.2. The Bertz CT molecular complexity index is 1030. The maximum absolute atomic E-state index is 14.7. The number of hydrogen-bond donors (Lipinski definition) is 2. The van der Waals surface area contributed by atoms with Crippen LogP contribution in [0, 0.1) is 5.82 Å². The largest absolute Gasteiger partial charge is 0.369 e. The Morgan fingerprint density at radius 1 is 1.17 bits per heavy atom. The molecule has 6 nitrogen and oxygen atoms in total. The molecule has 7 heteroatoms. The van der Waals surface area contributed by atoms with Gasteiger partial charge in [0.25, 0.3) is 0 Å². The molecule has 0 bridgehead atoms. The summed E-state index contributed by atoms with van der Waals surface area (Å²) in [4.78, 5) is 6.38. The van der Waals surface area contributed by atoms with Crippen LogP contribution >= 0.6 is 0 Å². The van der Waals surface area contributed by atoms with Crippen molar-refractivity contribution >= 4 is 11.8 Å². The summed E-state index contributed by atoms with van der Waals surface area (Å²) in [5, 5.41) is 4.01. The Balaban J connectivity index is 1.49. The third-order valence-corrected chi connectivity index (χ3v) is 5.61. The first-order chi connectivity index (χ1) is 14.5. The summed E-state index contributed by atoms with van der Waals surface area (Å²) in [6.45, 7) is 3.51. The van der Waals surface area contributed by atoms with Crippen LogP contribution in [0.5, 0.6) is 0 Å². The van der Waals surface area contributed by atoms with E-state index < -0.39 is 0 Å². The van der Waals surface area contributed by atoms with E-state index in [2.05, 4.69) is 10.1 Å². The quantitative estimate of drug-likeness (QED) is 0.504. The zero-order valence-electron chi connectivity index (χ0n) is 17.0. The van der Waals surface area contributed by atoms with Crippen LogP contribution in [0.25, 0.3) is 11.1 Å². The molecule has 0 spiro atoms. The predicted octanol–water partition coefficient (Wildman–Crippen LogP) is 4.00. The molecule has 3 aromatic rings. The average molecular weight is 407 g/mol. The lowest BCUT2D eigenvalue weighted by molar-refractivity contribution is 0.311. The highest BCUT2D eigenvalue weighted by atomic mass is 19.1. The Labute approximate surface area is 175 Å². The van der Waals surface area contributed by atoms with Crippen LogP contribution < -0.4 is 11.5 Å². The van der Waals surface area contributed by atoms with Gasteiger partial charge < -0.3 is 20.9 Å². The fourth-order valence-corrected chi connectivity index (χ4v) is 3.67. The maximum atomic E-state index is 14.7. The van der Waals surface area contributed by atoms with E-state index in [-0.39, 0.29) is 17.8 Å². The van der Waals surface area contributed by atoms with Gasteiger partial charge in [-0.2, -0.15) is 4.99 Å². The van der Waals surface area contributed by atoms with Crippen molar-refractivity contribution < 1.29 is 8.91 Å². The number of nitrogens with two attached hydrogens (primary N) is 2. The minimum atomic E-state index is -0.268. The van der Waals surface area contributed by atoms with Crippen LogP contribution in [0.1, 0.15) is 37.0 Å². The minimum Gasteiger partial charge on any atom is -0.369 e. The van der Waals surface area contributed by atoms with E-state index in [9.17, 15) is 4.39 Å². The number of halogens is 1. The highest BCUT2D eigenvalue weighted by molar-refractivity contribution is 5.80. The summed E-state index contributed by atoms with van der Waals surface area (Å²) in [5.74, 6) is 0.984. The molecule has 0 radical (unpaired) electrons. The fourth-order valence-electron chi connectivity index (χ4n) is 3.67. The summed E-state index contributed by atoms with van der Waals surface area (Å²) < 4.78 is 20.2. The second kappa shape index (κ2) is 8.67. The molecule has 0 aliphatic carbocycles. The molecule has 1 fully saturated rings. The van der Waals surface area contributed by atoms with Crippen molar-refractivity contribution in [3.05, 3.63) is 71.7 Å². The third kappa shape index (κ3) is 4.36. The monoisotopic (exact) mass is 407 g/mol. The molecule has 1 aliphatic rings. The minimum absolute atomic E-state index is 0.171.